The van der Waals surface area contributed by atoms with Crippen LogP contribution in [-0.2, 0) is 4.74 Å². The molecule has 0 aliphatic heterocycles. The topological polar surface area (TPSA) is 32.8 Å². The first-order valence-electron chi connectivity index (χ1n) is 2.80. The summed E-state index contributed by atoms with van der Waals surface area (Å²) in [6, 6.07) is 0. The number of ether oxygens (including phenoxy) is 1. The Morgan fingerprint density at radius 3 is 2.40 bits per heavy atom. The zero-order valence-electron chi connectivity index (χ0n) is 6.50. The Morgan fingerprint density at radius 1 is 1.60 bits per heavy atom. The molecule has 0 saturated heterocycles. The molecule has 0 heterocycles. The SMILES string of the molecule is C=CN(C)N(C)C(=O)OC. The lowest BCUT2D eigenvalue weighted by atomic mass is 10.9. The zero-order chi connectivity index (χ0) is 8.15. The fourth-order valence-electron chi connectivity index (χ4n) is 0.383. The lowest BCUT2D eigenvalue weighted by Gasteiger charge is -2.24. The maximum Gasteiger partial charge on any atom is 0.428 e. The monoisotopic (exact) mass is 144 g/mol. The van der Waals surface area contributed by atoms with Crippen LogP contribution in [0.15, 0.2) is 12.8 Å². The van der Waals surface area contributed by atoms with Crippen LogP contribution in [0, 0.1) is 0 Å². The van der Waals surface area contributed by atoms with Crippen LogP contribution in [0.1, 0.15) is 0 Å². The molecule has 0 aromatic rings. The lowest BCUT2D eigenvalue weighted by molar-refractivity contribution is 0.0556. The number of carbonyl (C=O) groups excluding carboxylic acids is 1. The van der Waals surface area contributed by atoms with Crippen LogP contribution in [0.5, 0.6) is 0 Å². The molecule has 0 bridgehead atoms. The van der Waals surface area contributed by atoms with Gasteiger partial charge in [0.2, 0.25) is 0 Å². The standard InChI is InChI=1S/C6H12N2O2/c1-5-7(2)8(3)6(9)10-4/h5H,1H2,2-4H3. The average molecular weight is 144 g/mol. The average Bonchev–Trinajstić information content (AvgIpc) is 2.00. The van der Waals surface area contributed by atoms with Crippen molar-refractivity contribution in [3.8, 4) is 0 Å². The summed E-state index contributed by atoms with van der Waals surface area (Å²) >= 11 is 0. The van der Waals surface area contributed by atoms with Crippen LogP contribution >= 0.6 is 0 Å². The Labute approximate surface area is 60.6 Å². The number of hydrazine groups is 1. The Hall–Kier alpha value is -1.19. The van der Waals surface area contributed by atoms with E-state index in [1.807, 2.05) is 0 Å². The van der Waals surface area contributed by atoms with E-state index in [-0.39, 0.29) is 0 Å². The number of hydrogen-bond acceptors (Lipinski definition) is 3. The maximum atomic E-state index is 10.7. The van der Waals surface area contributed by atoms with Crippen LogP contribution in [0.3, 0.4) is 0 Å². The van der Waals surface area contributed by atoms with Gasteiger partial charge in [0.25, 0.3) is 0 Å². The lowest BCUT2D eigenvalue weighted by Crippen LogP contribution is -2.37. The Morgan fingerprint density at radius 2 is 2.10 bits per heavy atom. The van der Waals surface area contributed by atoms with Crippen molar-refractivity contribution in [3.63, 3.8) is 0 Å². The second-order valence-electron chi connectivity index (χ2n) is 1.75. The van der Waals surface area contributed by atoms with Gasteiger partial charge in [-0.2, -0.15) is 0 Å². The van der Waals surface area contributed by atoms with Gasteiger partial charge >= 0.3 is 6.09 Å². The van der Waals surface area contributed by atoms with E-state index < -0.39 is 6.09 Å². The Kier molecular flexibility index (Phi) is 3.32. The van der Waals surface area contributed by atoms with Crippen molar-refractivity contribution in [1.29, 1.82) is 0 Å². The van der Waals surface area contributed by atoms with Gasteiger partial charge in [-0.25, -0.2) is 9.80 Å². The molecule has 0 unspecified atom stereocenters. The molecule has 4 nitrogen and oxygen atoms in total. The van der Waals surface area contributed by atoms with E-state index in [4.69, 9.17) is 0 Å². The maximum absolute atomic E-state index is 10.7. The number of nitrogens with zero attached hydrogens (tertiary/aromatic N) is 2. The summed E-state index contributed by atoms with van der Waals surface area (Å²) in [4.78, 5) is 10.7. The van der Waals surface area contributed by atoms with Gasteiger partial charge in [0.05, 0.1) is 7.11 Å². The smallest absolute Gasteiger partial charge is 0.428 e. The van der Waals surface area contributed by atoms with Crippen molar-refractivity contribution in [2.75, 3.05) is 21.2 Å². The molecule has 0 spiro atoms. The quantitative estimate of drug-likeness (QED) is 0.534. The molecule has 58 valence electrons. The molecule has 0 aliphatic carbocycles. The van der Waals surface area contributed by atoms with Crippen molar-refractivity contribution < 1.29 is 9.53 Å². The van der Waals surface area contributed by atoms with E-state index in [1.165, 1.54) is 23.3 Å². The number of carbonyl (C=O) groups is 1. The molecule has 4 heteroatoms. The largest absolute Gasteiger partial charge is 0.452 e. The highest BCUT2D eigenvalue weighted by Gasteiger charge is 2.08. The van der Waals surface area contributed by atoms with Crippen LogP contribution in [0.4, 0.5) is 4.79 Å². The van der Waals surface area contributed by atoms with Gasteiger partial charge in [-0.1, -0.05) is 6.58 Å². The van der Waals surface area contributed by atoms with Crippen molar-refractivity contribution in [3.05, 3.63) is 12.8 Å². The highest BCUT2D eigenvalue weighted by molar-refractivity contribution is 5.66. The summed E-state index contributed by atoms with van der Waals surface area (Å²) in [7, 11) is 4.62. The summed E-state index contributed by atoms with van der Waals surface area (Å²) < 4.78 is 4.43. The minimum absolute atomic E-state index is 0.414. The van der Waals surface area contributed by atoms with Crippen LogP contribution in [0.2, 0.25) is 0 Å². The van der Waals surface area contributed by atoms with E-state index in [2.05, 4.69) is 11.3 Å². The molecule has 0 rings (SSSR count). The predicted molar refractivity (Wildman–Crippen MR) is 38.1 cm³/mol. The summed E-state index contributed by atoms with van der Waals surface area (Å²) in [5, 5.41) is 2.82. The minimum Gasteiger partial charge on any atom is -0.452 e. The molecule has 0 radical (unpaired) electrons. The molecule has 0 saturated carbocycles. The Bertz CT molecular complexity index is 136. The van der Waals surface area contributed by atoms with Gasteiger partial charge in [-0.3, -0.25) is 5.01 Å². The molecule has 0 aromatic carbocycles. The van der Waals surface area contributed by atoms with Gasteiger partial charge in [0.1, 0.15) is 0 Å². The van der Waals surface area contributed by atoms with E-state index in [0.29, 0.717) is 0 Å². The molecule has 10 heavy (non-hydrogen) atoms. The number of amides is 1. The van der Waals surface area contributed by atoms with Crippen molar-refractivity contribution in [2.45, 2.75) is 0 Å². The van der Waals surface area contributed by atoms with Gasteiger partial charge in [-0.15, -0.1) is 0 Å². The normalized spacial score (nSPS) is 8.30. The molecule has 0 N–H and O–H groups in total. The first-order valence-corrected chi connectivity index (χ1v) is 2.80. The second-order valence-corrected chi connectivity index (χ2v) is 1.75. The highest BCUT2D eigenvalue weighted by Crippen LogP contribution is 1.92. The van der Waals surface area contributed by atoms with E-state index in [1.54, 1.807) is 14.1 Å². The molecular formula is C6H12N2O2. The summed E-state index contributed by atoms with van der Waals surface area (Å²) in [5.74, 6) is 0. The number of rotatable bonds is 2. The van der Waals surface area contributed by atoms with Gasteiger partial charge in [0.15, 0.2) is 0 Å². The van der Waals surface area contributed by atoms with Crippen LogP contribution in [0.25, 0.3) is 0 Å². The highest BCUT2D eigenvalue weighted by atomic mass is 16.5. The Balaban J connectivity index is 3.93. The van der Waals surface area contributed by atoms with Crippen LogP contribution < -0.4 is 0 Å². The van der Waals surface area contributed by atoms with Crippen molar-refractivity contribution in [1.82, 2.24) is 10.0 Å². The zero-order valence-corrected chi connectivity index (χ0v) is 6.50. The predicted octanol–water partition coefficient (Wildman–Crippen LogP) is 0.675. The van der Waals surface area contributed by atoms with Gasteiger partial charge in [0, 0.05) is 20.3 Å². The molecule has 0 atom stereocenters. The molecule has 1 amide bonds. The summed E-state index contributed by atoms with van der Waals surface area (Å²) in [6.07, 6.45) is 1.10. The van der Waals surface area contributed by atoms with Gasteiger partial charge < -0.3 is 4.74 Å². The minimum atomic E-state index is -0.414. The molecule has 0 fully saturated rings. The third-order valence-corrected chi connectivity index (χ3v) is 1.18. The van der Waals surface area contributed by atoms with Crippen LogP contribution in [-0.4, -0.2) is 37.3 Å². The third-order valence-electron chi connectivity index (χ3n) is 1.18. The molecular weight excluding hydrogens is 132 g/mol. The van der Waals surface area contributed by atoms with E-state index >= 15 is 0 Å². The number of methoxy groups -OCH3 is 1. The summed E-state index contributed by atoms with van der Waals surface area (Å²) in [6.45, 7) is 3.47. The first-order chi connectivity index (χ1) is 4.63. The van der Waals surface area contributed by atoms with E-state index in [9.17, 15) is 4.79 Å². The third kappa shape index (κ3) is 1.97. The van der Waals surface area contributed by atoms with Crippen molar-refractivity contribution >= 4 is 6.09 Å². The van der Waals surface area contributed by atoms with Crippen molar-refractivity contribution in [2.24, 2.45) is 0 Å². The number of hydrogen-bond donors (Lipinski definition) is 0. The summed E-state index contributed by atoms with van der Waals surface area (Å²) in [5.41, 5.74) is 0. The molecule has 0 aliphatic rings. The van der Waals surface area contributed by atoms with E-state index in [0.717, 1.165) is 0 Å². The second kappa shape index (κ2) is 3.76. The fraction of sp³-hybridized carbons (Fsp3) is 0.500. The molecule has 0 aromatic heterocycles. The van der Waals surface area contributed by atoms with Gasteiger partial charge in [-0.05, 0) is 0 Å². The fourth-order valence-corrected chi connectivity index (χ4v) is 0.383. The first kappa shape index (κ1) is 8.81.